The fourth-order valence-electron chi connectivity index (χ4n) is 4.54. The van der Waals surface area contributed by atoms with Crippen LogP contribution in [0.1, 0.15) is 64.5 Å². The Kier molecular flexibility index (Phi) is 4.83. The zero-order chi connectivity index (χ0) is 18.9. The van der Waals surface area contributed by atoms with Gasteiger partial charge in [-0.2, -0.15) is 0 Å². The SMILES string of the molecule is CCCCC(=O)N1c2cc(N)ccc2C(C)(c2ccccc2)CC1(C)C. The maximum absolute atomic E-state index is 13.1. The Morgan fingerprint density at radius 1 is 1.12 bits per heavy atom. The summed E-state index contributed by atoms with van der Waals surface area (Å²) in [5.41, 5.74) is 9.81. The minimum atomic E-state index is -0.282. The van der Waals surface area contributed by atoms with Gasteiger partial charge in [0, 0.05) is 23.1 Å². The number of rotatable bonds is 4. The highest BCUT2D eigenvalue weighted by Gasteiger charge is 2.47. The van der Waals surface area contributed by atoms with E-state index in [0.29, 0.717) is 12.1 Å². The summed E-state index contributed by atoms with van der Waals surface area (Å²) in [5.74, 6) is 0.193. The number of anilines is 2. The first-order chi connectivity index (χ1) is 12.3. The van der Waals surface area contributed by atoms with Gasteiger partial charge < -0.3 is 10.6 Å². The molecule has 0 radical (unpaired) electrons. The summed E-state index contributed by atoms with van der Waals surface area (Å²) >= 11 is 0. The molecule has 3 heteroatoms. The molecule has 1 amide bonds. The minimum Gasteiger partial charge on any atom is -0.399 e. The van der Waals surface area contributed by atoms with Crippen molar-refractivity contribution in [3.05, 3.63) is 59.7 Å². The van der Waals surface area contributed by atoms with Crippen molar-refractivity contribution >= 4 is 17.3 Å². The van der Waals surface area contributed by atoms with Crippen LogP contribution in [0.2, 0.25) is 0 Å². The zero-order valence-electron chi connectivity index (χ0n) is 16.4. The molecule has 3 rings (SSSR count). The maximum atomic E-state index is 13.1. The lowest BCUT2D eigenvalue weighted by Gasteiger charge is -2.51. The molecule has 2 aromatic rings. The Balaban J connectivity index is 2.18. The molecule has 0 saturated heterocycles. The van der Waals surface area contributed by atoms with Crippen molar-refractivity contribution in [3.63, 3.8) is 0 Å². The molecule has 26 heavy (non-hydrogen) atoms. The third kappa shape index (κ3) is 3.11. The van der Waals surface area contributed by atoms with Crippen LogP contribution in [0.15, 0.2) is 48.5 Å². The third-order valence-corrected chi connectivity index (χ3v) is 5.65. The Morgan fingerprint density at radius 2 is 1.81 bits per heavy atom. The quantitative estimate of drug-likeness (QED) is 0.763. The standard InChI is InChI=1S/C23H30N2O/c1-5-6-12-21(26)25-20-15-18(24)13-14-19(20)23(4,16-22(25,2)3)17-10-8-7-9-11-17/h7-11,13-15H,5-6,12,16,24H2,1-4H3. The molecular weight excluding hydrogens is 320 g/mol. The molecule has 0 aliphatic carbocycles. The van der Waals surface area contributed by atoms with Crippen molar-refractivity contribution in [3.8, 4) is 0 Å². The summed E-state index contributed by atoms with van der Waals surface area (Å²) in [4.78, 5) is 15.1. The van der Waals surface area contributed by atoms with Crippen LogP contribution in [-0.2, 0) is 10.2 Å². The number of nitrogen functional groups attached to an aromatic ring is 1. The van der Waals surface area contributed by atoms with Gasteiger partial charge in [-0.3, -0.25) is 4.79 Å². The minimum absolute atomic E-state index is 0.157. The van der Waals surface area contributed by atoms with Crippen LogP contribution >= 0.6 is 0 Å². The summed E-state index contributed by atoms with van der Waals surface area (Å²) in [6.07, 6.45) is 3.39. The normalized spacial score (nSPS) is 21.3. The Hall–Kier alpha value is -2.29. The number of unbranched alkanes of at least 4 members (excludes halogenated alkanes) is 1. The highest BCUT2D eigenvalue weighted by atomic mass is 16.2. The monoisotopic (exact) mass is 350 g/mol. The molecule has 1 aliphatic rings. The maximum Gasteiger partial charge on any atom is 0.227 e. The Morgan fingerprint density at radius 3 is 2.46 bits per heavy atom. The molecule has 1 unspecified atom stereocenters. The van der Waals surface area contributed by atoms with Crippen LogP contribution < -0.4 is 10.6 Å². The number of nitrogens with two attached hydrogens (primary N) is 1. The van der Waals surface area contributed by atoms with Gasteiger partial charge in [0.1, 0.15) is 0 Å². The fourth-order valence-corrected chi connectivity index (χ4v) is 4.54. The van der Waals surface area contributed by atoms with Crippen LogP contribution in [-0.4, -0.2) is 11.4 Å². The van der Waals surface area contributed by atoms with Crippen LogP contribution in [0, 0.1) is 0 Å². The summed E-state index contributed by atoms with van der Waals surface area (Å²) in [7, 11) is 0. The molecule has 0 fully saturated rings. The van der Waals surface area contributed by atoms with E-state index in [2.05, 4.69) is 58.0 Å². The lowest BCUT2D eigenvalue weighted by atomic mass is 9.65. The van der Waals surface area contributed by atoms with Crippen LogP contribution in [0.4, 0.5) is 11.4 Å². The summed E-state index contributed by atoms with van der Waals surface area (Å²) in [5, 5.41) is 0. The number of hydrogen-bond donors (Lipinski definition) is 1. The van der Waals surface area contributed by atoms with Crippen molar-refractivity contribution in [2.24, 2.45) is 0 Å². The van der Waals surface area contributed by atoms with Gasteiger partial charge in [0.2, 0.25) is 5.91 Å². The second-order valence-electron chi connectivity index (χ2n) is 8.30. The van der Waals surface area contributed by atoms with Gasteiger partial charge in [-0.15, -0.1) is 0 Å². The van der Waals surface area contributed by atoms with E-state index in [1.807, 2.05) is 23.1 Å². The second-order valence-corrected chi connectivity index (χ2v) is 8.30. The second kappa shape index (κ2) is 6.79. The van der Waals surface area contributed by atoms with E-state index in [4.69, 9.17) is 5.73 Å². The summed E-state index contributed by atoms with van der Waals surface area (Å²) in [6, 6.07) is 16.6. The van der Waals surface area contributed by atoms with Gasteiger partial charge >= 0.3 is 0 Å². The first-order valence-corrected chi connectivity index (χ1v) is 9.58. The lowest BCUT2D eigenvalue weighted by molar-refractivity contribution is -0.120. The fraction of sp³-hybridized carbons (Fsp3) is 0.435. The number of carbonyl (C=O) groups is 1. The molecule has 0 saturated carbocycles. The van der Waals surface area contributed by atoms with Crippen molar-refractivity contribution in [1.82, 2.24) is 0 Å². The van der Waals surface area contributed by atoms with Gasteiger partial charge in [0.15, 0.2) is 0 Å². The molecule has 0 aromatic heterocycles. The van der Waals surface area contributed by atoms with Crippen LogP contribution in [0.25, 0.3) is 0 Å². The molecule has 3 nitrogen and oxygen atoms in total. The zero-order valence-corrected chi connectivity index (χ0v) is 16.4. The summed E-state index contributed by atoms with van der Waals surface area (Å²) < 4.78 is 0. The largest absolute Gasteiger partial charge is 0.399 e. The number of carbonyl (C=O) groups excluding carboxylic acids is 1. The number of amides is 1. The topological polar surface area (TPSA) is 46.3 Å². The van der Waals surface area contributed by atoms with Crippen molar-refractivity contribution < 1.29 is 4.79 Å². The van der Waals surface area contributed by atoms with E-state index in [0.717, 1.165) is 24.9 Å². The van der Waals surface area contributed by atoms with Crippen molar-refractivity contribution in [2.45, 2.75) is 64.3 Å². The highest BCUT2D eigenvalue weighted by Crippen LogP contribution is 2.51. The molecule has 138 valence electrons. The average molecular weight is 351 g/mol. The van der Waals surface area contributed by atoms with E-state index in [1.165, 1.54) is 11.1 Å². The van der Waals surface area contributed by atoms with Gasteiger partial charge in [0.25, 0.3) is 0 Å². The van der Waals surface area contributed by atoms with Gasteiger partial charge in [-0.05, 0) is 49.9 Å². The molecule has 1 heterocycles. The smallest absolute Gasteiger partial charge is 0.227 e. The molecule has 1 atom stereocenters. The Bertz CT molecular complexity index is 797. The lowest BCUT2D eigenvalue weighted by Crippen LogP contribution is -2.55. The molecule has 1 aliphatic heterocycles. The van der Waals surface area contributed by atoms with Gasteiger partial charge in [-0.1, -0.05) is 56.7 Å². The van der Waals surface area contributed by atoms with E-state index in [-0.39, 0.29) is 16.9 Å². The number of nitrogens with zero attached hydrogens (tertiary/aromatic N) is 1. The van der Waals surface area contributed by atoms with E-state index >= 15 is 0 Å². The number of hydrogen-bond acceptors (Lipinski definition) is 2. The average Bonchev–Trinajstić information content (AvgIpc) is 2.59. The molecule has 2 aromatic carbocycles. The highest BCUT2D eigenvalue weighted by molar-refractivity contribution is 5.97. The molecule has 2 N–H and O–H groups in total. The first-order valence-electron chi connectivity index (χ1n) is 9.58. The van der Waals surface area contributed by atoms with Gasteiger partial charge in [-0.25, -0.2) is 0 Å². The van der Waals surface area contributed by atoms with E-state index < -0.39 is 0 Å². The summed E-state index contributed by atoms with van der Waals surface area (Å²) in [6.45, 7) is 8.74. The number of fused-ring (bicyclic) bond motifs is 1. The number of benzene rings is 2. The molecule has 0 bridgehead atoms. The van der Waals surface area contributed by atoms with Crippen LogP contribution in [0.5, 0.6) is 0 Å². The first kappa shape index (κ1) is 18.5. The van der Waals surface area contributed by atoms with Gasteiger partial charge in [0.05, 0.1) is 5.69 Å². The third-order valence-electron chi connectivity index (χ3n) is 5.65. The van der Waals surface area contributed by atoms with Crippen molar-refractivity contribution in [2.75, 3.05) is 10.6 Å². The van der Waals surface area contributed by atoms with Crippen molar-refractivity contribution in [1.29, 1.82) is 0 Å². The van der Waals surface area contributed by atoms with E-state index in [1.54, 1.807) is 0 Å². The Labute approximate surface area is 157 Å². The molecule has 0 spiro atoms. The predicted octanol–water partition coefficient (Wildman–Crippen LogP) is 5.28. The van der Waals surface area contributed by atoms with Crippen LogP contribution in [0.3, 0.4) is 0 Å². The van der Waals surface area contributed by atoms with E-state index in [9.17, 15) is 4.79 Å². The predicted molar refractivity (Wildman–Crippen MR) is 109 cm³/mol. The molecular formula is C23H30N2O.